The van der Waals surface area contributed by atoms with Crippen molar-refractivity contribution in [1.82, 2.24) is 9.97 Å². The molecular formula is C18H24N2S. The average Bonchev–Trinajstić information content (AvgIpc) is 2.49. The molecule has 0 bridgehead atoms. The lowest BCUT2D eigenvalue weighted by Crippen LogP contribution is -1.94. The van der Waals surface area contributed by atoms with E-state index in [4.69, 9.17) is 0 Å². The second-order valence-corrected chi connectivity index (χ2v) is 5.96. The molecule has 0 atom stereocenters. The normalized spacial score (nSPS) is 10.8. The Morgan fingerprint density at radius 2 is 1.67 bits per heavy atom. The Hall–Kier alpha value is -1.35. The number of thiol groups is 1. The Kier molecular flexibility index (Phi) is 6.24. The molecule has 0 unspecified atom stereocenters. The van der Waals surface area contributed by atoms with E-state index in [-0.39, 0.29) is 0 Å². The van der Waals surface area contributed by atoms with Crippen molar-refractivity contribution in [2.24, 2.45) is 0 Å². The molecule has 3 heteroatoms. The van der Waals surface area contributed by atoms with Crippen LogP contribution in [0.3, 0.4) is 0 Å². The van der Waals surface area contributed by atoms with Crippen LogP contribution in [0.25, 0.3) is 11.4 Å². The zero-order valence-corrected chi connectivity index (χ0v) is 13.9. The van der Waals surface area contributed by atoms with E-state index < -0.39 is 0 Å². The average molecular weight is 300 g/mol. The number of hydrogen-bond acceptors (Lipinski definition) is 3. The Morgan fingerprint density at radius 3 is 2.29 bits per heavy atom. The Balaban J connectivity index is 2.12. The minimum absolute atomic E-state index is 0.764. The van der Waals surface area contributed by atoms with E-state index in [1.807, 2.05) is 12.4 Å². The van der Waals surface area contributed by atoms with Crippen molar-refractivity contribution < 1.29 is 0 Å². The predicted octanol–water partition coefficient (Wildman–Crippen LogP) is 5.12. The Bertz CT molecular complexity index is 564. The summed E-state index contributed by atoms with van der Waals surface area (Å²) in [5.41, 5.74) is 3.55. The minimum atomic E-state index is 0.764. The molecule has 0 aliphatic heterocycles. The van der Waals surface area contributed by atoms with E-state index in [9.17, 15) is 0 Å². The molecule has 0 amide bonds. The first-order valence-corrected chi connectivity index (χ1v) is 8.32. The lowest BCUT2D eigenvalue weighted by molar-refractivity contribution is 0.717. The van der Waals surface area contributed by atoms with Crippen molar-refractivity contribution >= 4 is 12.6 Å². The molecule has 2 aromatic rings. The lowest BCUT2D eigenvalue weighted by atomic mass is 10.0. The molecule has 0 aliphatic rings. The van der Waals surface area contributed by atoms with E-state index in [1.54, 1.807) is 0 Å². The molecule has 21 heavy (non-hydrogen) atoms. The summed E-state index contributed by atoms with van der Waals surface area (Å²) in [5, 5.41) is 0. The van der Waals surface area contributed by atoms with Crippen LogP contribution in [0.5, 0.6) is 0 Å². The summed E-state index contributed by atoms with van der Waals surface area (Å²) in [6.45, 7) is 4.39. The summed E-state index contributed by atoms with van der Waals surface area (Å²) in [5.74, 6) is 0.764. The van der Waals surface area contributed by atoms with Gasteiger partial charge in [0.25, 0.3) is 0 Å². The summed E-state index contributed by atoms with van der Waals surface area (Å²) < 4.78 is 0. The van der Waals surface area contributed by atoms with Crippen molar-refractivity contribution in [1.29, 1.82) is 0 Å². The molecular weight excluding hydrogens is 276 g/mol. The second kappa shape index (κ2) is 8.18. The molecule has 1 aromatic carbocycles. The highest BCUT2D eigenvalue weighted by Crippen LogP contribution is 2.25. The van der Waals surface area contributed by atoms with Crippen LogP contribution in [0, 0.1) is 0 Å². The second-order valence-electron chi connectivity index (χ2n) is 5.47. The van der Waals surface area contributed by atoms with Gasteiger partial charge < -0.3 is 0 Å². The fraction of sp³-hybridized carbons (Fsp3) is 0.444. The van der Waals surface area contributed by atoms with Gasteiger partial charge in [-0.3, -0.25) is 0 Å². The molecule has 0 saturated carbocycles. The highest BCUT2D eigenvalue weighted by molar-refractivity contribution is 7.80. The highest BCUT2D eigenvalue weighted by Gasteiger charge is 2.07. The molecule has 0 spiro atoms. The minimum Gasteiger partial charge on any atom is -0.236 e. The Labute approximate surface area is 133 Å². The predicted molar refractivity (Wildman–Crippen MR) is 91.9 cm³/mol. The van der Waals surface area contributed by atoms with E-state index in [0.29, 0.717) is 0 Å². The third kappa shape index (κ3) is 4.57. The number of rotatable bonds is 7. The zero-order chi connectivity index (χ0) is 15.1. The molecule has 0 aliphatic carbocycles. The van der Waals surface area contributed by atoms with Gasteiger partial charge in [-0.05, 0) is 42.5 Å². The molecule has 112 valence electrons. The van der Waals surface area contributed by atoms with Gasteiger partial charge in [0.15, 0.2) is 5.82 Å². The molecule has 0 fully saturated rings. The Morgan fingerprint density at radius 1 is 0.905 bits per heavy atom. The summed E-state index contributed by atoms with van der Waals surface area (Å²) >= 11 is 4.61. The van der Waals surface area contributed by atoms with Gasteiger partial charge in [0.2, 0.25) is 0 Å². The molecule has 0 saturated heterocycles. The fourth-order valence-electron chi connectivity index (χ4n) is 2.41. The first-order valence-electron chi connectivity index (χ1n) is 7.87. The smallest absolute Gasteiger partial charge is 0.160 e. The van der Waals surface area contributed by atoms with Gasteiger partial charge in [-0.1, -0.05) is 39.2 Å². The highest BCUT2D eigenvalue weighted by atomic mass is 32.1. The van der Waals surface area contributed by atoms with E-state index >= 15 is 0 Å². The first kappa shape index (κ1) is 16.0. The van der Waals surface area contributed by atoms with Gasteiger partial charge in [-0.25, -0.2) is 9.97 Å². The fourth-order valence-corrected chi connectivity index (χ4v) is 2.75. The summed E-state index contributed by atoms with van der Waals surface area (Å²) in [4.78, 5) is 9.91. The van der Waals surface area contributed by atoms with Crippen molar-refractivity contribution in [3.05, 3.63) is 41.7 Å². The van der Waals surface area contributed by atoms with Crippen molar-refractivity contribution in [2.75, 3.05) is 0 Å². The monoisotopic (exact) mass is 300 g/mol. The van der Waals surface area contributed by atoms with Gasteiger partial charge in [-0.15, -0.1) is 12.6 Å². The van der Waals surface area contributed by atoms with Crippen molar-refractivity contribution in [3.63, 3.8) is 0 Å². The third-order valence-corrected chi connectivity index (χ3v) is 3.99. The maximum Gasteiger partial charge on any atom is 0.160 e. The van der Waals surface area contributed by atoms with Gasteiger partial charge in [0, 0.05) is 22.9 Å². The van der Waals surface area contributed by atoms with Gasteiger partial charge in [0.05, 0.1) is 0 Å². The van der Waals surface area contributed by atoms with E-state index in [2.05, 4.69) is 54.6 Å². The number of hydrogen-bond donors (Lipinski definition) is 1. The van der Waals surface area contributed by atoms with Crippen LogP contribution in [0.1, 0.15) is 50.7 Å². The molecule has 2 nitrogen and oxygen atoms in total. The summed E-state index contributed by atoms with van der Waals surface area (Å²) in [7, 11) is 0. The maximum atomic E-state index is 4.61. The SMILES string of the molecule is CCCCCc1ccc(-c2ncc(CCC)cn2)c(S)c1. The van der Waals surface area contributed by atoms with Crippen molar-refractivity contribution in [2.45, 2.75) is 57.3 Å². The number of benzene rings is 1. The van der Waals surface area contributed by atoms with E-state index in [1.165, 1.54) is 30.4 Å². The van der Waals surface area contributed by atoms with Gasteiger partial charge in [0.1, 0.15) is 0 Å². The topological polar surface area (TPSA) is 25.8 Å². The van der Waals surface area contributed by atoms with Crippen LogP contribution in [-0.4, -0.2) is 9.97 Å². The van der Waals surface area contributed by atoms with Crippen LogP contribution in [-0.2, 0) is 12.8 Å². The number of unbranched alkanes of at least 4 members (excludes halogenated alkanes) is 2. The van der Waals surface area contributed by atoms with Crippen LogP contribution in [0.2, 0.25) is 0 Å². The standard InChI is InChI=1S/C18H24N2S/c1-3-5-6-8-14-9-10-16(17(21)11-14)18-19-12-15(7-4-2)13-20-18/h9-13,21H,3-8H2,1-2H3. The van der Waals surface area contributed by atoms with Crippen LogP contribution < -0.4 is 0 Å². The van der Waals surface area contributed by atoms with Crippen molar-refractivity contribution in [3.8, 4) is 11.4 Å². The summed E-state index contributed by atoms with van der Waals surface area (Å²) in [6.07, 6.45) is 10.9. The first-order chi connectivity index (χ1) is 10.2. The van der Waals surface area contributed by atoms with Crippen LogP contribution in [0.15, 0.2) is 35.5 Å². The summed E-state index contributed by atoms with van der Waals surface area (Å²) in [6, 6.07) is 6.42. The molecule has 1 heterocycles. The lowest BCUT2D eigenvalue weighted by Gasteiger charge is -2.07. The number of aromatic nitrogens is 2. The van der Waals surface area contributed by atoms with Crippen LogP contribution in [0.4, 0.5) is 0 Å². The van der Waals surface area contributed by atoms with E-state index in [0.717, 1.165) is 35.5 Å². The number of nitrogens with zero attached hydrogens (tertiary/aromatic N) is 2. The zero-order valence-electron chi connectivity index (χ0n) is 13.0. The molecule has 0 N–H and O–H groups in total. The number of aryl methyl sites for hydroxylation is 2. The quantitative estimate of drug-likeness (QED) is 0.567. The molecule has 2 rings (SSSR count). The molecule has 0 radical (unpaired) electrons. The maximum absolute atomic E-state index is 4.61. The van der Waals surface area contributed by atoms with Crippen LogP contribution >= 0.6 is 12.6 Å². The van der Waals surface area contributed by atoms with Gasteiger partial charge in [-0.2, -0.15) is 0 Å². The third-order valence-electron chi connectivity index (χ3n) is 3.62. The molecule has 1 aromatic heterocycles. The van der Waals surface area contributed by atoms with Gasteiger partial charge >= 0.3 is 0 Å². The largest absolute Gasteiger partial charge is 0.236 e.